The van der Waals surface area contributed by atoms with E-state index < -0.39 is 12.1 Å². The summed E-state index contributed by atoms with van der Waals surface area (Å²) >= 11 is 0. The number of morpholine rings is 1. The zero-order valence-corrected chi connectivity index (χ0v) is 12.6. The fourth-order valence-electron chi connectivity index (χ4n) is 2.70. The molecule has 2 atom stereocenters. The summed E-state index contributed by atoms with van der Waals surface area (Å²) in [6, 6.07) is -1.06. The van der Waals surface area contributed by atoms with Crippen LogP contribution in [0.25, 0.3) is 0 Å². The molecule has 1 N–H and O–H groups in total. The molecule has 0 spiro atoms. The maximum atomic E-state index is 12.3. The second-order valence-electron chi connectivity index (χ2n) is 5.47. The van der Waals surface area contributed by atoms with E-state index >= 15 is 0 Å². The smallest absolute Gasteiger partial charge is 0.246 e. The highest BCUT2D eigenvalue weighted by molar-refractivity contribution is 6.05. The summed E-state index contributed by atoms with van der Waals surface area (Å²) < 4.78 is 5.22. The Morgan fingerprint density at radius 1 is 1.38 bits per heavy atom. The van der Waals surface area contributed by atoms with E-state index in [0.29, 0.717) is 32.8 Å². The lowest BCUT2D eigenvalue weighted by atomic mass is 10.2. The van der Waals surface area contributed by atoms with Crippen LogP contribution in [0.3, 0.4) is 0 Å². The molecule has 2 unspecified atom stereocenters. The number of amides is 3. The van der Waals surface area contributed by atoms with Crippen molar-refractivity contribution >= 4 is 17.7 Å². The number of hydrogen-bond donors (Lipinski definition) is 1. The van der Waals surface area contributed by atoms with Gasteiger partial charge in [-0.3, -0.25) is 24.6 Å². The van der Waals surface area contributed by atoms with Gasteiger partial charge in [0, 0.05) is 19.6 Å². The summed E-state index contributed by atoms with van der Waals surface area (Å²) in [5, 5.41) is 3.00. The zero-order valence-electron chi connectivity index (χ0n) is 12.6. The van der Waals surface area contributed by atoms with Crippen LogP contribution in [-0.4, -0.2) is 72.5 Å². The van der Waals surface area contributed by atoms with E-state index in [-0.39, 0.29) is 24.1 Å². The van der Waals surface area contributed by atoms with Crippen LogP contribution in [0.15, 0.2) is 0 Å². The van der Waals surface area contributed by atoms with Crippen LogP contribution in [0.2, 0.25) is 0 Å². The standard InChI is InChI=1S/C14H23N3O4/c1-3-4-17-12(18)9-11(14(17)20)15-10(2)13(19)16-5-7-21-8-6-16/h10-11,15H,3-9H2,1-2H3. The summed E-state index contributed by atoms with van der Waals surface area (Å²) in [6.45, 7) is 6.34. The highest BCUT2D eigenvalue weighted by atomic mass is 16.5. The van der Waals surface area contributed by atoms with Crippen LogP contribution in [0.4, 0.5) is 0 Å². The van der Waals surface area contributed by atoms with Gasteiger partial charge in [0.25, 0.3) is 0 Å². The minimum atomic E-state index is -0.580. The minimum absolute atomic E-state index is 0.0486. The second-order valence-corrected chi connectivity index (χ2v) is 5.47. The first-order valence-electron chi connectivity index (χ1n) is 7.51. The van der Waals surface area contributed by atoms with E-state index in [9.17, 15) is 14.4 Å². The first-order valence-corrected chi connectivity index (χ1v) is 7.51. The predicted octanol–water partition coefficient (Wildman–Crippen LogP) is -0.639. The van der Waals surface area contributed by atoms with E-state index in [2.05, 4.69) is 5.32 Å². The van der Waals surface area contributed by atoms with E-state index in [1.165, 1.54) is 4.90 Å². The van der Waals surface area contributed by atoms with Crippen molar-refractivity contribution in [2.45, 2.75) is 38.8 Å². The Morgan fingerprint density at radius 2 is 2.05 bits per heavy atom. The Morgan fingerprint density at radius 3 is 2.67 bits per heavy atom. The Balaban J connectivity index is 1.90. The molecule has 21 heavy (non-hydrogen) atoms. The molecule has 3 amide bonds. The summed E-state index contributed by atoms with van der Waals surface area (Å²) in [6.07, 6.45) is 0.881. The van der Waals surface area contributed by atoms with Crippen molar-refractivity contribution in [3.05, 3.63) is 0 Å². The van der Waals surface area contributed by atoms with E-state index in [1.54, 1.807) is 11.8 Å². The molecule has 0 aromatic rings. The second kappa shape index (κ2) is 7.00. The number of nitrogens with one attached hydrogen (secondary N) is 1. The molecule has 2 fully saturated rings. The van der Waals surface area contributed by atoms with Gasteiger partial charge in [0.15, 0.2) is 0 Å². The van der Waals surface area contributed by atoms with Gasteiger partial charge in [0.05, 0.1) is 31.7 Å². The average Bonchev–Trinajstić information content (AvgIpc) is 2.75. The molecule has 2 heterocycles. The molecule has 0 aromatic carbocycles. The minimum Gasteiger partial charge on any atom is -0.378 e. The number of nitrogens with zero attached hydrogens (tertiary/aromatic N) is 2. The number of imide groups is 1. The highest BCUT2D eigenvalue weighted by Crippen LogP contribution is 2.14. The Labute approximate surface area is 124 Å². The van der Waals surface area contributed by atoms with Crippen molar-refractivity contribution in [3.63, 3.8) is 0 Å². The third-order valence-corrected chi connectivity index (χ3v) is 3.84. The first-order chi connectivity index (χ1) is 10.0. The molecule has 7 heteroatoms. The highest BCUT2D eigenvalue weighted by Gasteiger charge is 2.39. The number of rotatable bonds is 5. The number of carbonyl (C=O) groups excluding carboxylic acids is 3. The van der Waals surface area contributed by atoms with Crippen molar-refractivity contribution in [2.75, 3.05) is 32.8 Å². The van der Waals surface area contributed by atoms with E-state index in [4.69, 9.17) is 4.74 Å². The van der Waals surface area contributed by atoms with E-state index in [1.807, 2.05) is 6.92 Å². The van der Waals surface area contributed by atoms with Gasteiger partial charge in [-0.1, -0.05) is 6.92 Å². The Hall–Kier alpha value is -1.47. The zero-order chi connectivity index (χ0) is 15.4. The van der Waals surface area contributed by atoms with Gasteiger partial charge in [0.1, 0.15) is 0 Å². The van der Waals surface area contributed by atoms with Crippen molar-refractivity contribution in [2.24, 2.45) is 0 Å². The molecule has 0 bridgehead atoms. The monoisotopic (exact) mass is 297 g/mol. The van der Waals surface area contributed by atoms with Gasteiger partial charge >= 0.3 is 0 Å². The molecule has 2 aliphatic rings. The van der Waals surface area contributed by atoms with Crippen molar-refractivity contribution in [1.29, 1.82) is 0 Å². The molecule has 0 saturated carbocycles. The Kier molecular flexibility index (Phi) is 5.30. The topological polar surface area (TPSA) is 79.0 Å². The number of carbonyl (C=O) groups is 3. The maximum Gasteiger partial charge on any atom is 0.246 e. The molecule has 2 aliphatic heterocycles. The van der Waals surface area contributed by atoms with Crippen molar-refractivity contribution in [3.8, 4) is 0 Å². The number of hydrogen-bond acceptors (Lipinski definition) is 5. The summed E-state index contributed by atoms with van der Waals surface area (Å²) in [5.41, 5.74) is 0. The average molecular weight is 297 g/mol. The van der Waals surface area contributed by atoms with Crippen LogP contribution in [-0.2, 0) is 19.1 Å². The lowest BCUT2D eigenvalue weighted by Gasteiger charge is -2.30. The maximum absolute atomic E-state index is 12.3. The Bertz CT molecular complexity index is 420. The quantitative estimate of drug-likeness (QED) is 0.683. The van der Waals surface area contributed by atoms with E-state index in [0.717, 1.165) is 6.42 Å². The van der Waals surface area contributed by atoms with Gasteiger partial charge in [-0.05, 0) is 13.3 Å². The summed E-state index contributed by atoms with van der Waals surface area (Å²) in [7, 11) is 0. The van der Waals surface area contributed by atoms with Crippen LogP contribution >= 0.6 is 0 Å². The molecular weight excluding hydrogens is 274 g/mol. The molecular formula is C14H23N3O4. The molecule has 2 rings (SSSR count). The summed E-state index contributed by atoms with van der Waals surface area (Å²) in [5.74, 6) is -0.429. The fourth-order valence-corrected chi connectivity index (χ4v) is 2.70. The lowest BCUT2D eigenvalue weighted by molar-refractivity contribution is -0.139. The predicted molar refractivity (Wildman–Crippen MR) is 75.4 cm³/mol. The van der Waals surface area contributed by atoms with Crippen LogP contribution in [0.1, 0.15) is 26.7 Å². The summed E-state index contributed by atoms with van der Waals surface area (Å²) in [4.78, 5) is 39.2. The molecule has 7 nitrogen and oxygen atoms in total. The largest absolute Gasteiger partial charge is 0.378 e. The van der Waals surface area contributed by atoms with Gasteiger partial charge in [-0.25, -0.2) is 0 Å². The first kappa shape index (κ1) is 15.9. The van der Waals surface area contributed by atoms with Gasteiger partial charge in [-0.15, -0.1) is 0 Å². The van der Waals surface area contributed by atoms with Crippen LogP contribution in [0.5, 0.6) is 0 Å². The van der Waals surface area contributed by atoms with Gasteiger partial charge in [0.2, 0.25) is 17.7 Å². The normalized spacial score (nSPS) is 24.6. The SMILES string of the molecule is CCCN1C(=O)CC(NC(C)C(=O)N2CCOCC2)C1=O. The molecule has 0 aromatic heterocycles. The van der Waals surface area contributed by atoms with Gasteiger partial charge < -0.3 is 9.64 Å². The van der Waals surface area contributed by atoms with Gasteiger partial charge in [-0.2, -0.15) is 0 Å². The van der Waals surface area contributed by atoms with Crippen molar-refractivity contribution < 1.29 is 19.1 Å². The molecule has 2 saturated heterocycles. The third-order valence-electron chi connectivity index (χ3n) is 3.84. The molecule has 0 radical (unpaired) electrons. The third kappa shape index (κ3) is 3.59. The number of ether oxygens (including phenoxy) is 1. The van der Waals surface area contributed by atoms with Crippen molar-refractivity contribution in [1.82, 2.24) is 15.1 Å². The number of likely N-dealkylation sites (tertiary alicyclic amines) is 1. The molecule has 118 valence electrons. The molecule has 0 aliphatic carbocycles. The lowest BCUT2D eigenvalue weighted by Crippen LogP contribution is -2.52. The van der Waals surface area contributed by atoms with Crippen LogP contribution in [0, 0.1) is 0 Å². The fraction of sp³-hybridized carbons (Fsp3) is 0.786. The van der Waals surface area contributed by atoms with Crippen LogP contribution < -0.4 is 5.32 Å².